The lowest BCUT2D eigenvalue weighted by atomic mass is 10.0. The van der Waals surface area contributed by atoms with Crippen LogP contribution < -0.4 is 4.72 Å². The minimum atomic E-state index is -3.08. The molecule has 1 rings (SSSR count). The normalized spacial score (nSPS) is 30.8. The first kappa shape index (κ1) is 9.95. The van der Waals surface area contributed by atoms with Crippen LogP contribution in [-0.2, 0) is 14.8 Å². The maximum atomic E-state index is 10.8. The van der Waals surface area contributed by atoms with Crippen molar-refractivity contribution in [2.24, 2.45) is 0 Å². The van der Waals surface area contributed by atoms with Crippen LogP contribution in [0.15, 0.2) is 0 Å². The maximum absolute atomic E-state index is 10.8. The summed E-state index contributed by atoms with van der Waals surface area (Å²) in [5.41, 5.74) is -0.289. The Morgan fingerprint density at radius 3 is 2.67 bits per heavy atom. The molecule has 12 heavy (non-hydrogen) atoms. The largest absolute Gasteiger partial charge is 0.374 e. The van der Waals surface area contributed by atoms with Crippen LogP contribution in [0.1, 0.15) is 19.8 Å². The summed E-state index contributed by atoms with van der Waals surface area (Å²) in [6, 6.07) is 0. The first-order valence-electron chi connectivity index (χ1n) is 4.00. The van der Waals surface area contributed by atoms with Gasteiger partial charge in [-0.2, -0.15) is 0 Å². The third kappa shape index (κ3) is 3.08. The number of rotatable bonds is 3. The van der Waals surface area contributed by atoms with E-state index in [4.69, 9.17) is 4.74 Å². The van der Waals surface area contributed by atoms with E-state index in [2.05, 4.69) is 4.72 Å². The van der Waals surface area contributed by atoms with E-state index < -0.39 is 10.0 Å². The summed E-state index contributed by atoms with van der Waals surface area (Å²) in [7, 11) is -3.08. The van der Waals surface area contributed by atoms with Gasteiger partial charge in [0, 0.05) is 13.2 Å². The first-order chi connectivity index (χ1) is 5.41. The summed E-state index contributed by atoms with van der Waals surface area (Å²) in [4.78, 5) is 0. The van der Waals surface area contributed by atoms with Crippen molar-refractivity contribution in [3.8, 4) is 0 Å². The number of hydrogen-bond acceptors (Lipinski definition) is 3. The van der Waals surface area contributed by atoms with Crippen LogP contribution >= 0.6 is 0 Å². The van der Waals surface area contributed by atoms with E-state index in [0.29, 0.717) is 6.54 Å². The quantitative estimate of drug-likeness (QED) is 0.692. The summed E-state index contributed by atoms with van der Waals surface area (Å²) in [5.74, 6) is 0. The molecule has 5 heteroatoms. The number of hydrogen-bond donors (Lipinski definition) is 1. The van der Waals surface area contributed by atoms with Crippen LogP contribution in [0.2, 0.25) is 0 Å². The number of ether oxygens (including phenoxy) is 1. The predicted molar refractivity (Wildman–Crippen MR) is 46.4 cm³/mol. The van der Waals surface area contributed by atoms with E-state index in [0.717, 1.165) is 25.7 Å². The van der Waals surface area contributed by atoms with Crippen LogP contribution in [0.25, 0.3) is 0 Å². The molecule has 0 saturated carbocycles. The Kier molecular flexibility index (Phi) is 2.75. The molecule has 72 valence electrons. The smallest absolute Gasteiger partial charge is 0.208 e. The first-order valence-corrected chi connectivity index (χ1v) is 5.89. The van der Waals surface area contributed by atoms with E-state index in [1.807, 2.05) is 6.92 Å². The minimum absolute atomic E-state index is 0.289. The maximum Gasteiger partial charge on any atom is 0.208 e. The molecule has 1 atom stereocenters. The second-order valence-electron chi connectivity index (χ2n) is 3.50. The summed E-state index contributed by atoms with van der Waals surface area (Å²) in [5, 5.41) is 0. The average Bonchev–Trinajstić information content (AvgIpc) is 2.32. The Balaban J connectivity index is 2.41. The zero-order valence-corrected chi connectivity index (χ0v) is 8.28. The van der Waals surface area contributed by atoms with Crippen LogP contribution in [0.3, 0.4) is 0 Å². The second-order valence-corrected chi connectivity index (χ2v) is 5.33. The molecule has 1 heterocycles. The van der Waals surface area contributed by atoms with Crippen molar-refractivity contribution in [1.29, 1.82) is 0 Å². The lowest BCUT2D eigenvalue weighted by Gasteiger charge is -2.22. The summed E-state index contributed by atoms with van der Waals surface area (Å²) >= 11 is 0. The van der Waals surface area contributed by atoms with Crippen molar-refractivity contribution in [1.82, 2.24) is 4.72 Å². The Morgan fingerprint density at radius 2 is 2.25 bits per heavy atom. The third-order valence-corrected chi connectivity index (χ3v) is 2.68. The van der Waals surface area contributed by atoms with Gasteiger partial charge in [-0.25, -0.2) is 13.1 Å². The SMILES string of the molecule is CC1(CNS(C)(=O)=O)CCCO1. The Labute approximate surface area is 73.3 Å². The molecule has 0 aromatic rings. The lowest BCUT2D eigenvalue weighted by Crippen LogP contribution is -2.39. The molecule has 1 saturated heterocycles. The fourth-order valence-electron chi connectivity index (χ4n) is 1.26. The van der Waals surface area contributed by atoms with E-state index in [-0.39, 0.29) is 5.60 Å². The average molecular weight is 193 g/mol. The highest BCUT2D eigenvalue weighted by Gasteiger charge is 2.30. The lowest BCUT2D eigenvalue weighted by molar-refractivity contribution is 0.0251. The van der Waals surface area contributed by atoms with Gasteiger partial charge in [0.25, 0.3) is 0 Å². The molecule has 1 aliphatic rings. The highest BCUT2D eigenvalue weighted by molar-refractivity contribution is 7.88. The van der Waals surface area contributed by atoms with Gasteiger partial charge in [0.1, 0.15) is 0 Å². The predicted octanol–water partition coefficient (Wildman–Crippen LogP) is 0.105. The molecular formula is C7H15NO3S. The fraction of sp³-hybridized carbons (Fsp3) is 1.00. The van der Waals surface area contributed by atoms with Crippen molar-refractivity contribution < 1.29 is 13.2 Å². The van der Waals surface area contributed by atoms with Gasteiger partial charge in [0.15, 0.2) is 0 Å². The molecule has 0 aromatic heterocycles. The second kappa shape index (κ2) is 3.32. The molecule has 0 radical (unpaired) electrons. The molecule has 1 unspecified atom stereocenters. The van der Waals surface area contributed by atoms with Crippen molar-refractivity contribution in [2.45, 2.75) is 25.4 Å². The summed E-state index contributed by atoms with van der Waals surface area (Å²) in [6.07, 6.45) is 3.10. The molecule has 0 spiro atoms. The fourth-order valence-corrected chi connectivity index (χ4v) is 1.83. The molecule has 0 aromatic carbocycles. The highest BCUT2D eigenvalue weighted by Crippen LogP contribution is 2.23. The van der Waals surface area contributed by atoms with Gasteiger partial charge in [0.05, 0.1) is 11.9 Å². The van der Waals surface area contributed by atoms with Gasteiger partial charge >= 0.3 is 0 Å². The molecule has 0 amide bonds. The van der Waals surface area contributed by atoms with E-state index >= 15 is 0 Å². The van der Waals surface area contributed by atoms with Gasteiger partial charge in [-0.15, -0.1) is 0 Å². The number of nitrogens with one attached hydrogen (secondary N) is 1. The van der Waals surface area contributed by atoms with Crippen molar-refractivity contribution in [2.75, 3.05) is 19.4 Å². The van der Waals surface area contributed by atoms with E-state index in [1.54, 1.807) is 0 Å². The molecule has 0 bridgehead atoms. The monoisotopic (exact) mass is 193 g/mol. The zero-order chi connectivity index (χ0) is 9.24. The molecule has 1 aliphatic heterocycles. The van der Waals surface area contributed by atoms with Crippen molar-refractivity contribution in [3.05, 3.63) is 0 Å². The van der Waals surface area contributed by atoms with Gasteiger partial charge in [-0.3, -0.25) is 0 Å². The molecule has 1 fully saturated rings. The number of sulfonamides is 1. The topological polar surface area (TPSA) is 55.4 Å². The van der Waals surface area contributed by atoms with Gasteiger partial charge < -0.3 is 4.74 Å². The zero-order valence-electron chi connectivity index (χ0n) is 7.46. The molecular weight excluding hydrogens is 178 g/mol. The van der Waals surface area contributed by atoms with E-state index in [1.165, 1.54) is 0 Å². The van der Waals surface area contributed by atoms with Crippen LogP contribution in [-0.4, -0.2) is 33.4 Å². The Bertz CT molecular complexity index is 241. The van der Waals surface area contributed by atoms with Gasteiger partial charge in [0.2, 0.25) is 10.0 Å². The molecule has 1 N–H and O–H groups in total. The summed E-state index contributed by atoms with van der Waals surface area (Å²) < 4.78 is 29.4. The van der Waals surface area contributed by atoms with Crippen molar-refractivity contribution >= 4 is 10.0 Å². The third-order valence-electron chi connectivity index (χ3n) is 2.01. The minimum Gasteiger partial charge on any atom is -0.374 e. The van der Waals surface area contributed by atoms with Crippen molar-refractivity contribution in [3.63, 3.8) is 0 Å². The van der Waals surface area contributed by atoms with Gasteiger partial charge in [-0.05, 0) is 19.8 Å². The Hall–Kier alpha value is -0.130. The van der Waals surface area contributed by atoms with Crippen LogP contribution in [0.4, 0.5) is 0 Å². The van der Waals surface area contributed by atoms with Gasteiger partial charge in [-0.1, -0.05) is 0 Å². The summed E-state index contributed by atoms with van der Waals surface area (Å²) in [6.45, 7) is 3.05. The van der Waals surface area contributed by atoms with E-state index in [9.17, 15) is 8.42 Å². The van der Waals surface area contributed by atoms with Crippen LogP contribution in [0, 0.1) is 0 Å². The highest BCUT2D eigenvalue weighted by atomic mass is 32.2. The standard InChI is InChI=1S/C7H15NO3S/c1-7(4-3-5-11-7)6-8-12(2,9)10/h8H,3-6H2,1-2H3. The Morgan fingerprint density at radius 1 is 1.58 bits per heavy atom. The van der Waals surface area contributed by atoms with Crippen LogP contribution in [0.5, 0.6) is 0 Å². The molecule has 0 aliphatic carbocycles. The molecule has 4 nitrogen and oxygen atoms in total.